The van der Waals surface area contributed by atoms with Gasteiger partial charge in [0.2, 0.25) is 0 Å². The highest BCUT2D eigenvalue weighted by molar-refractivity contribution is 5.51. The van der Waals surface area contributed by atoms with Crippen LogP contribution in [0.3, 0.4) is 0 Å². The van der Waals surface area contributed by atoms with Gasteiger partial charge in [0.25, 0.3) is 0 Å². The lowest BCUT2D eigenvalue weighted by Gasteiger charge is -2.15. The number of rotatable bonds is 3. The molecule has 19 heavy (non-hydrogen) atoms. The summed E-state index contributed by atoms with van der Waals surface area (Å²) in [5.74, 6) is -0.298. The second kappa shape index (κ2) is 5.00. The van der Waals surface area contributed by atoms with Crippen LogP contribution in [-0.2, 0) is 12.8 Å². The average molecular weight is 256 g/mol. The Morgan fingerprint density at radius 2 is 2.00 bits per heavy atom. The van der Waals surface area contributed by atoms with Crippen LogP contribution >= 0.6 is 0 Å². The van der Waals surface area contributed by atoms with Crippen LogP contribution in [0.1, 0.15) is 36.2 Å². The summed E-state index contributed by atoms with van der Waals surface area (Å²) in [5.41, 5.74) is 4.88. The Morgan fingerprint density at radius 1 is 1.16 bits per heavy atom. The van der Waals surface area contributed by atoms with Crippen LogP contribution in [0.5, 0.6) is 0 Å². The molecule has 0 saturated heterocycles. The van der Waals surface area contributed by atoms with E-state index in [1.165, 1.54) is 42.7 Å². The normalized spacial score (nSPS) is 15.1. The van der Waals surface area contributed by atoms with E-state index in [2.05, 4.69) is 28.5 Å². The summed E-state index contributed by atoms with van der Waals surface area (Å²) in [6.07, 6.45) is 4.89. The summed E-state index contributed by atoms with van der Waals surface area (Å²) in [6, 6.07) is 9.78. The summed E-state index contributed by atoms with van der Waals surface area (Å²) in [4.78, 5) is 4.11. The molecule has 1 aromatic carbocycles. The molecule has 2 aromatic rings. The third-order valence-electron chi connectivity index (χ3n) is 3.68. The van der Waals surface area contributed by atoms with Crippen molar-refractivity contribution < 1.29 is 4.39 Å². The van der Waals surface area contributed by atoms with Crippen molar-refractivity contribution in [1.82, 2.24) is 4.98 Å². The van der Waals surface area contributed by atoms with Crippen LogP contribution in [0.4, 0.5) is 10.1 Å². The largest absolute Gasteiger partial charge is 0.377 e. The van der Waals surface area contributed by atoms with Crippen LogP contribution in [0, 0.1) is 5.82 Å². The zero-order valence-corrected chi connectivity index (χ0v) is 11.0. The minimum Gasteiger partial charge on any atom is -0.377 e. The molecule has 0 spiro atoms. The van der Waals surface area contributed by atoms with Crippen molar-refractivity contribution in [2.75, 3.05) is 5.32 Å². The molecule has 98 valence electrons. The number of pyridine rings is 1. The lowest BCUT2D eigenvalue weighted by Crippen LogP contribution is -2.08. The standard InChI is InChI=1S/C16H17FN2/c1-11(16-8-6-14(17)10-18-16)19-15-7-5-12-3-2-4-13(12)9-15/h5-11,19H,2-4H2,1H3. The minimum absolute atomic E-state index is 0.0695. The topological polar surface area (TPSA) is 24.9 Å². The van der Waals surface area contributed by atoms with Gasteiger partial charge in [-0.1, -0.05) is 6.07 Å². The van der Waals surface area contributed by atoms with Gasteiger partial charge in [0.05, 0.1) is 17.9 Å². The number of hydrogen-bond acceptors (Lipinski definition) is 2. The second-order valence-corrected chi connectivity index (χ2v) is 5.10. The molecule has 0 radical (unpaired) electrons. The third-order valence-corrected chi connectivity index (χ3v) is 3.68. The molecule has 1 N–H and O–H groups in total. The molecule has 2 nitrogen and oxygen atoms in total. The minimum atomic E-state index is -0.298. The van der Waals surface area contributed by atoms with Gasteiger partial charge in [-0.15, -0.1) is 0 Å². The van der Waals surface area contributed by atoms with Crippen molar-refractivity contribution in [1.29, 1.82) is 0 Å². The Morgan fingerprint density at radius 3 is 2.79 bits per heavy atom. The Bertz CT molecular complexity index is 578. The smallest absolute Gasteiger partial charge is 0.141 e. The molecule has 3 heteroatoms. The fourth-order valence-electron chi connectivity index (χ4n) is 2.63. The number of aryl methyl sites for hydroxylation is 2. The maximum absolute atomic E-state index is 12.8. The molecule has 0 fully saturated rings. The quantitative estimate of drug-likeness (QED) is 0.901. The summed E-state index contributed by atoms with van der Waals surface area (Å²) >= 11 is 0. The molecule has 0 saturated carbocycles. The van der Waals surface area contributed by atoms with Crippen LogP contribution < -0.4 is 5.32 Å². The second-order valence-electron chi connectivity index (χ2n) is 5.10. The first kappa shape index (κ1) is 12.2. The van der Waals surface area contributed by atoms with Crippen molar-refractivity contribution in [3.05, 3.63) is 59.2 Å². The van der Waals surface area contributed by atoms with E-state index in [-0.39, 0.29) is 11.9 Å². The predicted octanol–water partition coefficient (Wildman–Crippen LogP) is 3.88. The molecular weight excluding hydrogens is 239 g/mol. The number of anilines is 1. The van der Waals surface area contributed by atoms with Crippen LogP contribution in [0.2, 0.25) is 0 Å². The molecule has 0 aliphatic heterocycles. The number of fused-ring (bicyclic) bond motifs is 1. The van der Waals surface area contributed by atoms with E-state index in [9.17, 15) is 4.39 Å². The zero-order valence-electron chi connectivity index (χ0n) is 11.0. The molecule has 0 bridgehead atoms. The van der Waals surface area contributed by atoms with Crippen LogP contribution in [0.15, 0.2) is 36.5 Å². The van der Waals surface area contributed by atoms with E-state index in [0.717, 1.165) is 11.4 Å². The molecule has 1 aliphatic rings. The highest BCUT2D eigenvalue weighted by atomic mass is 19.1. The first-order chi connectivity index (χ1) is 9.22. The molecule has 3 rings (SSSR count). The van der Waals surface area contributed by atoms with Gasteiger partial charge in [0.15, 0.2) is 0 Å². The van der Waals surface area contributed by atoms with Crippen molar-refractivity contribution in [2.24, 2.45) is 0 Å². The van der Waals surface area contributed by atoms with Gasteiger partial charge in [-0.05, 0) is 61.6 Å². The van der Waals surface area contributed by atoms with Crippen molar-refractivity contribution in [3.63, 3.8) is 0 Å². The van der Waals surface area contributed by atoms with Gasteiger partial charge in [0.1, 0.15) is 5.82 Å². The molecule has 1 atom stereocenters. The van der Waals surface area contributed by atoms with Gasteiger partial charge in [-0.2, -0.15) is 0 Å². The summed E-state index contributed by atoms with van der Waals surface area (Å²) in [7, 11) is 0. The third kappa shape index (κ3) is 2.60. The lowest BCUT2D eigenvalue weighted by atomic mass is 10.1. The molecule has 1 aromatic heterocycles. The number of hydrogen-bond donors (Lipinski definition) is 1. The van der Waals surface area contributed by atoms with E-state index < -0.39 is 0 Å². The van der Waals surface area contributed by atoms with Crippen LogP contribution in [0.25, 0.3) is 0 Å². The van der Waals surface area contributed by atoms with Gasteiger partial charge in [0, 0.05) is 5.69 Å². The first-order valence-corrected chi connectivity index (χ1v) is 6.72. The number of aromatic nitrogens is 1. The number of benzene rings is 1. The zero-order chi connectivity index (χ0) is 13.2. The van der Waals surface area contributed by atoms with Crippen molar-refractivity contribution >= 4 is 5.69 Å². The summed E-state index contributed by atoms with van der Waals surface area (Å²) < 4.78 is 12.8. The Hall–Kier alpha value is -1.90. The highest BCUT2D eigenvalue weighted by Gasteiger charge is 2.12. The fourth-order valence-corrected chi connectivity index (χ4v) is 2.63. The Balaban J connectivity index is 1.75. The molecule has 1 aliphatic carbocycles. The van der Waals surface area contributed by atoms with E-state index in [0.29, 0.717) is 0 Å². The SMILES string of the molecule is CC(Nc1ccc2c(c1)CCC2)c1ccc(F)cn1. The van der Waals surface area contributed by atoms with Crippen molar-refractivity contribution in [2.45, 2.75) is 32.2 Å². The van der Waals surface area contributed by atoms with E-state index in [1.807, 2.05) is 6.92 Å². The fraction of sp³-hybridized carbons (Fsp3) is 0.312. The molecule has 0 amide bonds. The monoisotopic (exact) mass is 256 g/mol. The predicted molar refractivity (Wildman–Crippen MR) is 74.7 cm³/mol. The Labute approximate surface area is 112 Å². The molecular formula is C16H17FN2. The van der Waals surface area contributed by atoms with E-state index >= 15 is 0 Å². The Kier molecular flexibility index (Phi) is 3.20. The van der Waals surface area contributed by atoms with Crippen molar-refractivity contribution in [3.8, 4) is 0 Å². The average Bonchev–Trinajstić information content (AvgIpc) is 2.87. The van der Waals surface area contributed by atoms with Crippen LogP contribution in [-0.4, -0.2) is 4.98 Å². The van der Waals surface area contributed by atoms with Gasteiger partial charge >= 0.3 is 0 Å². The maximum atomic E-state index is 12.8. The molecule has 1 unspecified atom stereocenters. The summed E-state index contributed by atoms with van der Waals surface area (Å²) in [6.45, 7) is 2.04. The number of halogens is 1. The first-order valence-electron chi connectivity index (χ1n) is 6.72. The van der Waals surface area contributed by atoms with Gasteiger partial charge < -0.3 is 5.32 Å². The maximum Gasteiger partial charge on any atom is 0.141 e. The van der Waals surface area contributed by atoms with Gasteiger partial charge in [-0.25, -0.2) is 4.39 Å². The number of nitrogens with one attached hydrogen (secondary N) is 1. The molecule has 1 heterocycles. The highest BCUT2D eigenvalue weighted by Crippen LogP contribution is 2.26. The number of nitrogens with zero attached hydrogens (tertiary/aromatic N) is 1. The summed E-state index contributed by atoms with van der Waals surface area (Å²) in [5, 5.41) is 3.42. The van der Waals surface area contributed by atoms with Gasteiger partial charge in [-0.3, -0.25) is 4.98 Å². The van der Waals surface area contributed by atoms with E-state index in [1.54, 1.807) is 6.07 Å². The lowest BCUT2D eigenvalue weighted by molar-refractivity contribution is 0.617. The van der Waals surface area contributed by atoms with E-state index in [4.69, 9.17) is 0 Å².